The SMILES string of the molecule is Cc1c[nH]c(-c2sc(N3CCOCC3)c(C#N)c2-c2ccc(Cl)cc2Cl)n1. The zero-order valence-electron chi connectivity index (χ0n) is 14.6. The van der Waals surface area contributed by atoms with Gasteiger partial charge in [-0.15, -0.1) is 11.3 Å². The van der Waals surface area contributed by atoms with Gasteiger partial charge in [-0.1, -0.05) is 29.3 Å². The summed E-state index contributed by atoms with van der Waals surface area (Å²) in [4.78, 5) is 10.9. The highest BCUT2D eigenvalue weighted by Crippen LogP contribution is 2.48. The van der Waals surface area contributed by atoms with Crippen LogP contribution in [0.25, 0.3) is 21.8 Å². The molecule has 138 valence electrons. The van der Waals surface area contributed by atoms with Gasteiger partial charge in [0.2, 0.25) is 0 Å². The molecule has 8 heteroatoms. The van der Waals surface area contributed by atoms with Crippen LogP contribution in [0.2, 0.25) is 10.0 Å². The van der Waals surface area contributed by atoms with E-state index in [0.29, 0.717) is 28.8 Å². The lowest BCUT2D eigenvalue weighted by atomic mass is 10.0. The number of thiophene rings is 1. The second kappa shape index (κ2) is 7.53. The fraction of sp³-hybridized carbons (Fsp3) is 0.263. The molecule has 1 aliphatic rings. The molecule has 1 fully saturated rings. The first-order valence-electron chi connectivity index (χ1n) is 8.46. The van der Waals surface area contributed by atoms with Crippen LogP contribution in [0.5, 0.6) is 0 Å². The first-order valence-corrected chi connectivity index (χ1v) is 10.0. The normalized spacial score (nSPS) is 14.4. The van der Waals surface area contributed by atoms with Crippen LogP contribution in [0.3, 0.4) is 0 Å². The van der Waals surface area contributed by atoms with E-state index in [-0.39, 0.29) is 0 Å². The Morgan fingerprint density at radius 2 is 2.07 bits per heavy atom. The van der Waals surface area contributed by atoms with Crippen LogP contribution in [0, 0.1) is 18.3 Å². The lowest BCUT2D eigenvalue weighted by Crippen LogP contribution is -2.36. The number of aryl methyl sites for hydroxylation is 1. The van der Waals surface area contributed by atoms with E-state index in [0.717, 1.165) is 45.6 Å². The average molecular weight is 419 g/mol. The van der Waals surface area contributed by atoms with Gasteiger partial charge in [0.05, 0.1) is 29.3 Å². The molecule has 1 aliphatic heterocycles. The minimum atomic E-state index is 0.509. The van der Waals surface area contributed by atoms with E-state index in [2.05, 4.69) is 20.9 Å². The maximum absolute atomic E-state index is 10.0. The van der Waals surface area contributed by atoms with Crippen molar-refractivity contribution in [1.29, 1.82) is 5.26 Å². The summed E-state index contributed by atoms with van der Waals surface area (Å²) in [6, 6.07) is 7.73. The number of nitrogens with zero attached hydrogens (tertiary/aromatic N) is 3. The molecule has 0 aliphatic carbocycles. The van der Waals surface area contributed by atoms with Crippen molar-refractivity contribution in [2.45, 2.75) is 6.92 Å². The van der Waals surface area contributed by atoms with E-state index in [1.165, 1.54) is 0 Å². The molecule has 0 atom stereocenters. The smallest absolute Gasteiger partial charge is 0.148 e. The molecule has 5 nitrogen and oxygen atoms in total. The number of H-pyrrole nitrogens is 1. The Kier molecular flexibility index (Phi) is 5.11. The first kappa shape index (κ1) is 18.3. The molecular weight excluding hydrogens is 403 g/mol. The molecule has 0 unspecified atom stereocenters. The quantitative estimate of drug-likeness (QED) is 0.639. The number of imidazole rings is 1. The fourth-order valence-corrected chi connectivity index (χ4v) is 4.93. The van der Waals surface area contributed by atoms with E-state index in [1.807, 2.05) is 19.2 Å². The van der Waals surface area contributed by atoms with Crippen molar-refractivity contribution >= 4 is 39.5 Å². The van der Waals surface area contributed by atoms with E-state index in [4.69, 9.17) is 27.9 Å². The Hall–Kier alpha value is -2.04. The van der Waals surface area contributed by atoms with Crippen molar-refractivity contribution in [1.82, 2.24) is 9.97 Å². The lowest BCUT2D eigenvalue weighted by molar-refractivity contribution is 0.123. The maximum atomic E-state index is 10.0. The number of aromatic nitrogens is 2. The summed E-state index contributed by atoms with van der Waals surface area (Å²) in [5, 5.41) is 12.0. The van der Waals surface area contributed by atoms with E-state index in [9.17, 15) is 5.26 Å². The number of ether oxygens (including phenoxy) is 1. The van der Waals surface area contributed by atoms with Crippen LogP contribution in [0.1, 0.15) is 11.3 Å². The Morgan fingerprint density at radius 1 is 1.30 bits per heavy atom. The van der Waals surface area contributed by atoms with E-state index >= 15 is 0 Å². The molecule has 27 heavy (non-hydrogen) atoms. The largest absolute Gasteiger partial charge is 0.378 e. The van der Waals surface area contributed by atoms with Gasteiger partial charge in [0, 0.05) is 40.5 Å². The van der Waals surface area contributed by atoms with Gasteiger partial charge in [0.15, 0.2) is 0 Å². The number of benzene rings is 1. The van der Waals surface area contributed by atoms with Crippen LogP contribution in [-0.4, -0.2) is 36.3 Å². The van der Waals surface area contributed by atoms with Gasteiger partial charge in [-0.2, -0.15) is 5.26 Å². The minimum Gasteiger partial charge on any atom is -0.378 e. The summed E-state index contributed by atoms with van der Waals surface area (Å²) in [7, 11) is 0. The van der Waals surface area contributed by atoms with Gasteiger partial charge in [-0.25, -0.2) is 4.98 Å². The molecule has 3 heterocycles. The molecule has 0 spiro atoms. The van der Waals surface area contributed by atoms with Gasteiger partial charge >= 0.3 is 0 Å². The van der Waals surface area contributed by atoms with Gasteiger partial charge in [-0.05, 0) is 19.1 Å². The molecule has 0 bridgehead atoms. The molecular formula is C19H16Cl2N4OS. The molecule has 0 amide bonds. The molecule has 1 N–H and O–H groups in total. The number of anilines is 1. The van der Waals surface area contributed by atoms with Gasteiger partial charge < -0.3 is 14.6 Å². The number of rotatable bonds is 3. The van der Waals surface area contributed by atoms with Crippen molar-refractivity contribution in [3.8, 4) is 27.9 Å². The van der Waals surface area contributed by atoms with Crippen molar-refractivity contribution in [3.05, 3.63) is 45.7 Å². The van der Waals surface area contributed by atoms with Crippen LogP contribution in [0.15, 0.2) is 24.4 Å². The predicted molar refractivity (Wildman–Crippen MR) is 110 cm³/mol. The number of morpholine rings is 1. The van der Waals surface area contributed by atoms with Crippen LogP contribution in [0.4, 0.5) is 5.00 Å². The number of nitrogens with one attached hydrogen (secondary N) is 1. The zero-order valence-corrected chi connectivity index (χ0v) is 16.9. The van der Waals surface area contributed by atoms with Gasteiger partial charge in [-0.3, -0.25) is 0 Å². The summed E-state index contributed by atoms with van der Waals surface area (Å²) >= 11 is 14.1. The summed E-state index contributed by atoms with van der Waals surface area (Å²) in [6.07, 6.45) is 1.85. The van der Waals surface area contributed by atoms with Crippen molar-refractivity contribution in [3.63, 3.8) is 0 Å². The second-order valence-electron chi connectivity index (χ2n) is 6.21. The van der Waals surface area contributed by atoms with Crippen molar-refractivity contribution in [2.24, 2.45) is 0 Å². The summed E-state index contributed by atoms with van der Waals surface area (Å²) < 4.78 is 5.46. The Bertz CT molecular complexity index is 1030. The number of hydrogen-bond acceptors (Lipinski definition) is 5. The summed E-state index contributed by atoms with van der Waals surface area (Å²) in [5.41, 5.74) is 3.06. The first-order chi connectivity index (χ1) is 13.1. The summed E-state index contributed by atoms with van der Waals surface area (Å²) in [5.74, 6) is 0.731. The number of aromatic amines is 1. The van der Waals surface area contributed by atoms with Crippen LogP contribution >= 0.6 is 34.5 Å². The van der Waals surface area contributed by atoms with Crippen LogP contribution < -0.4 is 4.90 Å². The van der Waals surface area contributed by atoms with E-state index < -0.39 is 0 Å². The molecule has 1 saturated heterocycles. The third-order valence-corrected chi connectivity index (χ3v) is 6.23. The highest BCUT2D eigenvalue weighted by atomic mass is 35.5. The average Bonchev–Trinajstić information content (AvgIpc) is 3.26. The number of halogens is 2. The van der Waals surface area contributed by atoms with Crippen molar-refractivity contribution in [2.75, 3.05) is 31.2 Å². The molecule has 0 radical (unpaired) electrons. The zero-order chi connectivity index (χ0) is 19.0. The Morgan fingerprint density at radius 3 is 2.70 bits per heavy atom. The Labute approximate surface area is 171 Å². The van der Waals surface area contributed by atoms with Gasteiger partial charge in [0.25, 0.3) is 0 Å². The maximum Gasteiger partial charge on any atom is 0.148 e. The van der Waals surface area contributed by atoms with Crippen molar-refractivity contribution < 1.29 is 4.74 Å². The highest BCUT2D eigenvalue weighted by Gasteiger charge is 2.27. The third kappa shape index (κ3) is 3.44. The monoisotopic (exact) mass is 418 g/mol. The molecule has 4 rings (SSSR count). The topological polar surface area (TPSA) is 64.9 Å². The lowest BCUT2D eigenvalue weighted by Gasteiger charge is -2.27. The molecule has 1 aromatic carbocycles. The summed E-state index contributed by atoms with van der Waals surface area (Å²) in [6.45, 7) is 4.72. The standard InChI is InChI=1S/C19H16Cl2N4OS/c1-11-10-23-18(24-11)17-16(13-3-2-12(20)8-15(13)21)14(9-22)19(27-17)25-4-6-26-7-5-25/h2-3,8,10H,4-7H2,1H3,(H,23,24). The molecule has 3 aromatic rings. The number of hydrogen-bond donors (Lipinski definition) is 1. The highest BCUT2D eigenvalue weighted by molar-refractivity contribution is 7.20. The van der Waals surface area contributed by atoms with Gasteiger partial charge in [0.1, 0.15) is 16.9 Å². The van der Waals surface area contributed by atoms with E-state index in [1.54, 1.807) is 23.5 Å². The minimum absolute atomic E-state index is 0.509. The molecule has 2 aromatic heterocycles. The second-order valence-corrected chi connectivity index (χ2v) is 8.05. The Balaban J connectivity index is 1.96. The third-order valence-electron chi connectivity index (χ3n) is 4.42. The fourth-order valence-electron chi connectivity index (χ4n) is 3.16. The predicted octanol–water partition coefficient (Wildman–Crippen LogP) is 5.13. The molecule has 0 saturated carbocycles. The number of nitriles is 1. The van der Waals surface area contributed by atoms with Crippen LogP contribution in [-0.2, 0) is 4.74 Å².